The third-order valence-electron chi connectivity index (χ3n) is 4.03. The van der Waals surface area contributed by atoms with Gasteiger partial charge in [-0.25, -0.2) is 4.98 Å². The van der Waals surface area contributed by atoms with Crippen LogP contribution in [0.5, 0.6) is 0 Å². The number of rotatable bonds is 3. The summed E-state index contributed by atoms with van der Waals surface area (Å²) in [7, 11) is 0. The van der Waals surface area contributed by atoms with E-state index in [1.165, 1.54) is 11.3 Å². The van der Waals surface area contributed by atoms with E-state index in [0.29, 0.717) is 17.1 Å². The second-order valence-corrected chi connectivity index (χ2v) is 7.41. The van der Waals surface area contributed by atoms with Crippen molar-refractivity contribution in [2.45, 2.75) is 0 Å². The third kappa shape index (κ3) is 2.99. The summed E-state index contributed by atoms with van der Waals surface area (Å²) < 4.78 is 1.02. The third-order valence-corrected chi connectivity index (χ3v) is 5.42. The number of nitrogens with one attached hydrogen (secondary N) is 1. The van der Waals surface area contributed by atoms with Crippen molar-refractivity contribution < 1.29 is 5.11 Å². The first kappa shape index (κ1) is 16.1. The number of nitrogens with zero attached hydrogens (tertiary/aromatic N) is 2. The maximum atomic E-state index is 10.4. The van der Waals surface area contributed by atoms with Crippen LogP contribution in [-0.4, -0.2) is 22.5 Å². The van der Waals surface area contributed by atoms with E-state index in [1.807, 2.05) is 60.0 Å². The Hall–Kier alpha value is -2.44. The van der Waals surface area contributed by atoms with Crippen molar-refractivity contribution in [1.82, 2.24) is 4.98 Å². The molecule has 25 heavy (non-hydrogen) atoms. The quantitative estimate of drug-likeness (QED) is 0.611. The molecule has 2 N–H and O–H groups in total. The number of anilines is 1. The molecule has 0 spiro atoms. The number of aliphatic hydroxyl groups excluding tert-OH is 1. The van der Waals surface area contributed by atoms with E-state index in [-0.39, 0.29) is 11.6 Å². The summed E-state index contributed by atoms with van der Waals surface area (Å²) in [6.45, 7) is 0.297. The number of halogens is 1. The lowest BCUT2D eigenvalue weighted by Crippen LogP contribution is -2.25. The topological polar surface area (TPSA) is 60.2 Å². The molecule has 0 saturated carbocycles. The van der Waals surface area contributed by atoms with Crippen molar-refractivity contribution in [3.05, 3.63) is 75.2 Å². The standard InChI is InChI=1S/C19H14BrN3OS/c20-13-8-6-12(7-9-13)15-11-25-19(22-15)17-16(24)10-23(18(17)21)14-4-2-1-3-5-14/h1-9,11,21,24H,10H2. The van der Waals surface area contributed by atoms with Crippen LogP contribution in [0.3, 0.4) is 0 Å². The van der Waals surface area contributed by atoms with Crippen LogP contribution in [0.2, 0.25) is 0 Å². The molecule has 4 rings (SSSR count). The first-order chi connectivity index (χ1) is 12.1. The molecule has 0 fully saturated rings. The lowest BCUT2D eigenvalue weighted by Gasteiger charge is -2.18. The van der Waals surface area contributed by atoms with E-state index in [4.69, 9.17) is 5.41 Å². The molecule has 0 atom stereocenters. The Balaban J connectivity index is 1.65. The molecular formula is C19H14BrN3OS. The first-order valence-electron chi connectivity index (χ1n) is 7.69. The van der Waals surface area contributed by atoms with Crippen LogP contribution in [0.1, 0.15) is 5.01 Å². The highest BCUT2D eigenvalue weighted by molar-refractivity contribution is 9.10. The van der Waals surface area contributed by atoms with Crippen LogP contribution in [0, 0.1) is 5.41 Å². The highest BCUT2D eigenvalue weighted by Crippen LogP contribution is 2.34. The molecule has 0 aliphatic carbocycles. The molecular weight excluding hydrogens is 398 g/mol. The normalized spacial score (nSPS) is 14.4. The number of amidine groups is 1. The van der Waals surface area contributed by atoms with Gasteiger partial charge in [-0.05, 0) is 24.3 Å². The van der Waals surface area contributed by atoms with Crippen LogP contribution >= 0.6 is 27.3 Å². The van der Waals surface area contributed by atoms with Crippen LogP contribution < -0.4 is 4.90 Å². The second-order valence-electron chi connectivity index (χ2n) is 5.64. The van der Waals surface area contributed by atoms with Crippen molar-refractivity contribution in [2.75, 3.05) is 11.4 Å². The highest BCUT2D eigenvalue weighted by atomic mass is 79.9. The van der Waals surface area contributed by atoms with Crippen molar-refractivity contribution in [2.24, 2.45) is 0 Å². The van der Waals surface area contributed by atoms with Gasteiger partial charge in [-0.3, -0.25) is 5.41 Å². The minimum Gasteiger partial charge on any atom is -0.510 e. The molecule has 1 aromatic heterocycles. The molecule has 2 aromatic carbocycles. The second kappa shape index (κ2) is 6.46. The molecule has 124 valence electrons. The average molecular weight is 412 g/mol. The molecule has 6 heteroatoms. The maximum Gasteiger partial charge on any atom is 0.139 e. The molecule has 3 aromatic rings. The zero-order valence-electron chi connectivity index (χ0n) is 13.1. The summed E-state index contributed by atoms with van der Waals surface area (Å²) in [5, 5.41) is 21.5. The fourth-order valence-electron chi connectivity index (χ4n) is 2.77. The molecule has 0 radical (unpaired) electrons. The van der Waals surface area contributed by atoms with E-state index in [9.17, 15) is 5.11 Å². The smallest absolute Gasteiger partial charge is 0.139 e. The summed E-state index contributed by atoms with van der Waals surface area (Å²) in [4.78, 5) is 6.42. The van der Waals surface area contributed by atoms with Gasteiger partial charge in [-0.15, -0.1) is 11.3 Å². The van der Waals surface area contributed by atoms with Gasteiger partial charge < -0.3 is 10.0 Å². The molecule has 1 aliphatic rings. The van der Waals surface area contributed by atoms with Crippen molar-refractivity contribution in [3.63, 3.8) is 0 Å². The SMILES string of the molecule is N=C1C(c2nc(-c3ccc(Br)cc3)cs2)=C(O)CN1c1ccccc1. The highest BCUT2D eigenvalue weighted by Gasteiger charge is 2.31. The van der Waals surface area contributed by atoms with Gasteiger partial charge in [0.05, 0.1) is 17.8 Å². The fourth-order valence-corrected chi connectivity index (χ4v) is 3.93. The summed E-state index contributed by atoms with van der Waals surface area (Å²) in [6.07, 6.45) is 0. The van der Waals surface area contributed by atoms with Gasteiger partial charge in [0.2, 0.25) is 0 Å². The Labute approximate surface area is 157 Å². The van der Waals surface area contributed by atoms with Gasteiger partial charge in [-0.1, -0.05) is 46.3 Å². The molecule has 2 heterocycles. The number of benzene rings is 2. The lowest BCUT2D eigenvalue weighted by atomic mass is 10.2. The van der Waals surface area contributed by atoms with Gasteiger partial charge in [0.25, 0.3) is 0 Å². The number of aromatic nitrogens is 1. The lowest BCUT2D eigenvalue weighted by molar-refractivity contribution is 0.411. The Kier molecular flexibility index (Phi) is 4.15. The zero-order chi connectivity index (χ0) is 17.4. The number of hydrogen-bond donors (Lipinski definition) is 2. The Morgan fingerprint density at radius 3 is 2.52 bits per heavy atom. The van der Waals surface area contributed by atoms with Crippen molar-refractivity contribution in [1.29, 1.82) is 5.41 Å². The fraction of sp³-hybridized carbons (Fsp3) is 0.0526. The average Bonchev–Trinajstić information content (AvgIpc) is 3.21. The summed E-state index contributed by atoms with van der Waals surface area (Å²) in [6, 6.07) is 17.6. The predicted octanol–water partition coefficient (Wildman–Crippen LogP) is 5.34. The van der Waals surface area contributed by atoms with Crippen molar-refractivity contribution in [3.8, 4) is 11.3 Å². The number of thiazole rings is 1. The largest absolute Gasteiger partial charge is 0.510 e. The molecule has 4 nitrogen and oxygen atoms in total. The number of aliphatic hydroxyl groups is 1. The summed E-state index contributed by atoms with van der Waals surface area (Å²) in [5.74, 6) is 0.464. The Bertz CT molecular complexity index is 964. The summed E-state index contributed by atoms with van der Waals surface area (Å²) in [5.41, 5.74) is 3.25. The first-order valence-corrected chi connectivity index (χ1v) is 9.36. The number of para-hydroxylation sites is 1. The molecule has 0 saturated heterocycles. The molecule has 0 unspecified atom stereocenters. The van der Waals surface area contributed by atoms with Crippen LogP contribution in [0.15, 0.2) is 70.2 Å². The van der Waals surface area contributed by atoms with Gasteiger partial charge in [0.15, 0.2) is 0 Å². The predicted molar refractivity (Wildman–Crippen MR) is 106 cm³/mol. The molecule has 0 amide bonds. The van der Waals surface area contributed by atoms with E-state index in [2.05, 4.69) is 20.9 Å². The van der Waals surface area contributed by atoms with Gasteiger partial charge >= 0.3 is 0 Å². The molecule has 0 bridgehead atoms. The van der Waals surface area contributed by atoms with Gasteiger partial charge in [0.1, 0.15) is 16.6 Å². The minimum atomic E-state index is 0.186. The van der Waals surface area contributed by atoms with Crippen molar-refractivity contribution >= 4 is 44.4 Å². The zero-order valence-corrected chi connectivity index (χ0v) is 15.5. The monoisotopic (exact) mass is 411 g/mol. The van der Waals surface area contributed by atoms with Crippen LogP contribution in [0.25, 0.3) is 16.8 Å². The van der Waals surface area contributed by atoms with Gasteiger partial charge in [-0.2, -0.15) is 0 Å². The van der Waals surface area contributed by atoms with E-state index in [1.54, 1.807) is 4.90 Å². The molecule has 1 aliphatic heterocycles. The number of hydrogen-bond acceptors (Lipinski definition) is 4. The van der Waals surface area contributed by atoms with E-state index < -0.39 is 0 Å². The van der Waals surface area contributed by atoms with Gasteiger partial charge in [0, 0.05) is 21.1 Å². The van der Waals surface area contributed by atoms with E-state index in [0.717, 1.165) is 21.4 Å². The Morgan fingerprint density at radius 1 is 1.08 bits per heavy atom. The minimum absolute atomic E-state index is 0.186. The summed E-state index contributed by atoms with van der Waals surface area (Å²) >= 11 is 4.87. The van der Waals surface area contributed by atoms with E-state index >= 15 is 0 Å². The maximum absolute atomic E-state index is 10.4. The van der Waals surface area contributed by atoms with Crippen LogP contribution in [0.4, 0.5) is 5.69 Å². The van der Waals surface area contributed by atoms with Crippen LogP contribution in [-0.2, 0) is 0 Å². The Morgan fingerprint density at radius 2 is 1.80 bits per heavy atom.